The van der Waals surface area contributed by atoms with Crippen LogP contribution in [0.2, 0.25) is 0 Å². The van der Waals surface area contributed by atoms with E-state index in [1.165, 1.54) is 19.4 Å². The normalized spacial score (nSPS) is 24.6. The largest absolute Gasteiger partial charge is 0.300 e. The van der Waals surface area contributed by atoms with Gasteiger partial charge >= 0.3 is 0 Å². The van der Waals surface area contributed by atoms with Gasteiger partial charge in [0.2, 0.25) is 0 Å². The van der Waals surface area contributed by atoms with Crippen molar-refractivity contribution in [2.75, 3.05) is 13.1 Å². The first-order valence-electron chi connectivity index (χ1n) is 6.05. The number of hydrogen-bond acceptors (Lipinski definition) is 2. The minimum atomic E-state index is 0.476. The molecule has 0 aromatic carbocycles. The molecule has 0 amide bonds. The molecule has 14 heavy (non-hydrogen) atoms. The standard InChI is InChI=1S/C12H21NO/c1-2-13(9-10-3-4-10)11-5-7-12(14)8-6-11/h10-11H,2-9H2,1H3. The van der Waals surface area contributed by atoms with Crippen molar-refractivity contribution in [2.45, 2.75) is 51.5 Å². The van der Waals surface area contributed by atoms with Crippen molar-refractivity contribution in [3.8, 4) is 0 Å². The lowest BCUT2D eigenvalue weighted by Gasteiger charge is -2.33. The zero-order valence-corrected chi connectivity index (χ0v) is 9.17. The van der Waals surface area contributed by atoms with Gasteiger partial charge in [-0.15, -0.1) is 0 Å². The Hall–Kier alpha value is -0.370. The smallest absolute Gasteiger partial charge is 0.133 e. The maximum Gasteiger partial charge on any atom is 0.133 e. The Morgan fingerprint density at radius 3 is 2.36 bits per heavy atom. The fraction of sp³-hybridized carbons (Fsp3) is 0.917. The van der Waals surface area contributed by atoms with Gasteiger partial charge in [-0.25, -0.2) is 0 Å². The van der Waals surface area contributed by atoms with Crippen molar-refractivity contribution in [1.29, 1.82) is 0 Å². The molecule has 0 atom stereocenters. The van der Waals surface area contributed by atoms with E-state index in [1.807, 2.05) is 0 Å². The minimum absolute atomic E-state index is 0.476. The van der Waals surface area contributed by atoms with E-state index < -0.39 is 0 Å². The van der Waals surface area contributed by atoms with E-state index in [1.54, 1.807) is 0 Å². The van der Waals surface area contributed by atoms with Gasteiger partial charge in [0.1, 0.15) is 5.78 Å². The Bertz CT molecular complexity index is 200. The monoisotopic (exact) mass is 195 g/mol. The molecule has 0 heterocycles. The van der Waals surface area contributed by atoms with Gasteiger partial charge in [0.05, 0.1) is 0 Å². The molecule has 2 aliphatic rings. The van der Waals surface area contributed by atoms with Crippen LogP contribution in [-0.2, 0) is 4.79 Å². The maximum absolute atomic E-state index is 11.1. The molecule has 80 valence electrons. The molecule has 2 heteroatoms. The fourth-order valence-corrected chi connectivity index (χ4v) is 2.46. The highest BCUT2D eigenvalue weighted by atomic mass is 16.1. The van der Waals surface area contributed by atoms with Crippen LogP contribution in [0.3, 0.4) is 0 Å². The third-order valence-corrected chi connectivity index (χ3v) is 3.63. The van der Waals surface area contributed by atoms with Crippen molar-refractivity contribution < 1.29 is 4.79 Å². The molecule has 0 aliphatic heterocycles. The van der Waals surface area contributed by atoms with Crippen molar-refractivity contribution >= 4 is 5.78 Å². The predicted molar refractivity (Wildman–Crippen MR) is 57.2 cm³/mol. The van der Waals surface area contributed by atoms with E-state index in [2.05, 4.69) is 11.8 Å². The van der Waals surface area contributed by atoms with Crippen LogP contribution >= 0.6 is 0 Å². The summed E-state index contributed by atoms with van der Waals surface area (Å²) in [6.07, 6.45) is 6.74. The SMILES string of the molecule is CCN(CC1CC1)C1CCC(=O)CC1. The Balaban J connectivity index is 1.80. The van der Waals surface area contributed by atoms with E-state index in [4.69, 9.17) is 0 Å². The molecular weight excluding hydrogens is 174 g/mol. The molecule has 2 rings (SSSR count). The van der Waals surface area contributed by atoms with Crippen LogP contribution in [-0.4, -0.2) is 29.8 Å². The highest BCUT2D eigenvalue weighted by Gasteiger charge is 2.29. The summed E-state index contributed by atoms with van der Waals surface area (Å²) in [7, 11) is 0. The Kier molecular flexibility index (Phi) is 3.22. The van der Waals surface area contributed by atoms with Crippen LogP contribution in [0.1, 0.15) is 45.4 Å². The van der Waals surface area contributed by atoms with Crippen molar-refractivity contribution in [2.24, 2.45) is 5.92 Å². The summed E-state index contributed by atoms with van der Waals surface area (Å²) >= 11 is 0. The predicted octanol–water partition coefficient (Wildman–Crippen LogP) is 2.23. The average Bonchev–Trinajstić information content (AvgIpc) is 3.00. The van der Waals surface area contributed by atoms with Crippen LogP contribution in [0.25, 0.3) is 0 Å². The fourth-order valence-electron chi connectivity index (χ4n) is 2.46. The van der Waals surface area contributed by atoms with E-state index in [0.717, 1.165) is 38.1 Å². The second-order valence-corrected chi connectivity index (χ2v) is 4.80. The van der Waals surface area contributed by atoms with E-state index in [9.17, 15) is 4.79 Å². The average molecular weight is 195 g/mol. The van der Waals surface area contributed by atoms with Crippen molar-refractivity contribution in [3.05, 3.63) is 0 Å². The van der Waals surface area contributed by atoms with Gasteiger partial charge < -0.3 is 4.90 Å². The molecule has 0 unspecified atom stereocenters. The first kappa shape index (κ1) is 10.2. The van der Waals surface area contributed by atoms with Gasteiger partial charge in [0, 0.05) is 25.4 Å². The Morgan fingerprint density at radius 1 is 1.21 bits per heavy atom. The third-order valence-electron chi connectivity index (χ3n) is 3.63. The summed E-state index contributed by atoms with van der Waals surface area (Å²) in [4.78, 5) is 13.7. The van der Waals surface area contributed by atoms with Crippen LogP contribution in [0.5, 0.6) is 0 Å². The van der Waals surface area contributed by atoms with Gasteiger partial charge in [-0.1, -0.05) is 6.92 Å². The molecular formula is C12H21NO. The van der Waals surface area contributed by atoms with Crippen molar-refractivity contribution in [1.82, 2.24) is 4.90 Å². The van der Waals surface area contributed by atoms with Gasteiger partial charge in [-0.2, -0.15) is 0 Å². The molecule has 0 aromatic heterocycles. The van der Waals surface area contributed by atoms with Gasteiger partial charge in [-0.3, -0.25) is 4.79 Å². The van der Waals surface area contributed by atoms with E-state index in [-0.39, 0.29) is 0 Å². The molecule has 0 saturated heterocycles. The zero-order chi connectivity index (χ0) is 9.97. The highest BCUT2D eigenvalue weighted by molar-refractivity contribution is 5.79. The molecule has 0 N–H and O–H groups in total. The first-order chi connectivity index (χ1) is 6.79. The van der Waals surface area contributed by atoms with Gasteiger partial charge in [0.15, 0.2) is 0 Å². The molecule has 0 spiro atoms. The molecule has 2 fully saturated rings. The summed E-state index contributed by atoms with van der Waals surface area (Å²) in [5.74, 6) is 1.45. The highest BCUT2D eigenvalue weighted by Crippen LogP contribution is 2.31. The maximum atomic E-state index is 11.1. The van der Waals surface area contributed by atoms with Crippen LogP contribution in [0, 0.1) is 5.92 Å². The van der Waals surface area contributed by atoms with Gasteiger partial charge in [0.25, 0.3) is 0 Å². The molecule has 0 bridgehead atoms. The zero-order valence-electron chi connectivity index (χ0n) is 9.17. The molecule has 0 aromatic rings. The number of ketones is 1. The number of carbonyl (C=O) groups excluding carboxylic acids is 1. The van der Waals surface area contributed by atoms with E-state index >= 15 is 0 Å². The lowest BCUT2D eigenvalue weighted by atomic mass is 9.93. The summed E-state index contributed by atoms with van der Waals surface area (Å²) in [5.41, 5.74) is 0. The number of rotatable bonds is 4. The number of hydrogen-bond donors (Lipinski definition) is 0. The molecule has 2 saturated carbocycles. The molecule has 2 nitrogen and oxygen atoms in total. The lowest BCUT2D eigenvalue weighted by Crippen LogP contribution is -2.39. The second kappa shape index (κ2) is 4.43. The Morgan fingerprint density at radius 2 is 1.86 bits per heavy atom. The number of carbonyl (C=O) groups is 1. The minimum Gasteiger partial charge on any atom is -0.300 e. The van der Waals surface area contributed by atoms with Crippen LogP contribution in [0.4, 0.5) is 0 Å². The van der Waals surface area contributed by atoms with E-state index in [0.29, 0.717) is 11.8 Å². The summed E-state index contributed by atoms with van der Waals surface area (Å²) in [5, 5.41) is 0. The second-order valence-electron chi connectivity index (χ2n) is 4.80. The molecule has 2 aliphatic carbocycles. The summed E-state index contributed by atoms with van der Waals surface area (Å²) in [6.45, 7) is 4.70. The van der Waals surface area contributed by atoms with Crippen LogP contribution < -0.4 is 0 Å². The first-order valence-corrected chi connectivity index (χ1v) is 6.05. The topological polar surface area (TPSA) is 20.3 Å². The van der Waals surface area contributed by atoms with Crippen LogP contribution in [0.15, 0.2) is 0 Å². The number of nitrogens with zero attached hydrogens (tertiary/aromatic N) is 1. The lowest BCUT2D eigenvalue weighted by molar-refractivity contribution is -0.121. The summed E-state index contributed by atoms with van der Waals surface area (Å²) in [6, 6.07) is 0.707. The number of Topliss-reactive ketones (excluding diaryl/α,β-unsaturated/α-hetero) is 1. The quantitative estimate of drug-likeness (QED) is 0.685. The third kappa shape index (κ3) is 2.57. The van der Waals surface area contributed by atoms with Gasteiger partial charge in [-0.05, 0) is 38.1 Å². The van der Waals surface area contributed by atoms with Crippen molar-refractivity contribution in [3.63, 3.8) is 0 Å². The molecule has 0 radical (unpaired) electrons. The Labute approximate surface area is 86.7 Å². The summed E-state index contributed by atoms with van der Waals surface area (Å²) < 4.78 is 0.